The van der Waals surface area contributed by atoms with Gasteiger partial charge >= 0.3 is 0 Å². The number of aryl methyl sites for hydroxylation is 1. The molecule has 0 unspecified atom stereocenters. The van der Waals surface area contributed by atoms with E-state index < -0.39 is 0 Å². The van der Waals surface area contributed by atoms with E-state index in [0.29, 0.717) is 22.6 Å². The van der Waals surface area contributed by atoms with Crippen molar-refractivity contribution in [1.82, 2.24) is 14.9 Å². The van der Waals surface area contributed by atoms with Crippen LogP contribution in [0.15, 0.2) is 36.5 Å². The lowest BCUT2D eigenvalue weighted by molar-refractivity contribution is -0.0435. The van der Waals surface area contributed by atoms with Gasteiger partial charge in [-0.3, -0.25) is 9.88 Å². The molecule has 4 atom stereocenters. The van der Waals surface area contributed by atoms with Gasteiger partial charge in [0.05, 0.1) is 35.4 Å². The molecule has 2 aromatic heterocycles. The molecule has 0 bridgehead atoms. The summed E-state index contributed by atoms with van der Waals surface area (Å²) in [5.74, 6) is 1.45. The minimum atomic E-state index is 0.0127. The van der Waals surface area contributed by atoms with Crippen molar-refractivity contribution in [3.8, 4) is 6.07 Å². The van der Waals surface area contributed by atoms with Gasteiger partial charge in [-0.05, 0) is 54.8 Å². The Labute approximate surface area is 237 Å². The van der Waals surface area contributed by atoms with Crippen molar-refractivity contribution < 1.29 is 9.47 Å². The van der Waals surface area contributed by atoms with E-state index in [1.807, 2.05) is 18.2 Å². The van der Waals surface area contributed by atoms with Gasteiger partial charge in [-0.15, -0.1) is 0 Å². The van der Waals surface area contributed by atoms with Gasteiger partial charge in [-0.1, -0.05) is 6.07 Å². The van der Waals surface area contributed by atoms with Crippen molar-refractivity contribution in [2.24, 2.45) is 5.73 Å². The second kappa shape index (κ2) is 11.0. The fourth-order valence-electron chi connectivity index (χ4n) is 6.52. The lowest BCUT2D eigenvalue weighted by atomic mass is 9.89. The van der Waals surface area contributed by atoms with Crippen LogP contribution in [0.1, 0.15) is 29.5 Å². The van der Waals surface area contributed by atoms with Crippen molar-refractivity contribution in [2.45, 2.75) is 44.1 Å². The van der Waals surface area contributed by atoms with Crippen LogP contribution < -0.4 is 21.1 Å². The highest BCUT2D eigenvalue weighted by atomic mass is 16.5. The van der Waals surface area contributed by atoms with Crippen molar-refractivity contribution in [3.05, 3.63) is 53.2 Å². The van der Waals surface area contributed by atoms with Crippen LogP contribution in [0.2, 0.25) is 0 Å². The number of morpholine rings is 1. The third-order valence-electron chi connectivity index (χ3n) is 8.57. The molecule has 40 heavy (non-hydrogen) atoms. The number of pyridine rings is 2. The van der Waals surface area contributed by atoms with Crippen LogP contribution in [-0.2, 0) is 9.47 Å². The Morgan fingerprint density at radius 1 is 1.12 bits per heavy atom. The van der Waals surface area contributed by atoms with Crippen molar-refractivity contribution >= 4 is 35.8 Å². The number of ether oxygens (including phenoxy) is 2. The molecular weight excluding hydrogens is 501 g/mol. The van der Waals surface area contributed by atoms with Crippen LogP contribution in [0, 0.1) is 18.3 Å². The number of hydrogen-bond donors (Lipinski definition) is 1. The van der Waals surface area contributed by atoms with E-state index >= 15 is 0 Å². The molecule has 0 spiro atoms. The molecule has 0 aliphatic carbocycles. The molecule has 206 valence electrons. The van der Waals surface area contributed by atoms with Gasteiger partial charge in [0.1, 0.15) is 19.7 Å². The van der Waals surface area contributed by atoms with Crippen molar-refractivity contribution in [3.63, 3.8) is 0 Å². The third-order valence-corrected chi connectivity index (χ3v) is 8.57. The first-order valence-electron chi connectivity index (χ1n) is 14.0. The predicted molar refractivity (Wildman–Crippen MR) is 158 cm³/mol. The van der Waals surface area contributed by atoms with Crippen LogP contribution in [0.3, 0.4) is 0 Å². The maximum atomic E-state index is 9.57. The first-order chi connectivity index (χ1) is 19.3. The number of benzene rings is 1. The number of nitriles is 1. The highest BCUT2D eigenvalue weighted by molar-refractivity contribution is 6.31. The van der Waals surface area contributed by atoms with Gasteiger partial charge in [0.2, 0.25) is 0 Å². The number of nitrogens with zero attached hydrogens (tertiary/aromatic N) is 6. The first-order valence-corrected chi connectivity index (χ1v) is 14.0. The van der Waals surface area contributed by atoms with Gasteiger partial charge < -0.3 is 25.0 Å². The van der Waals surface area contributed by atoms with E-state index in [4.69, 9.17) is 28.0 Å². The first kappa shape index (κ1) is 27.0. The van der Waals surface area contributed by atoms with E-state index in [0.717, 1.165) is 62.7 Å². The van der Waals surface area contributed by atoms with Gasteiger partial charge in [0, 0.05) is 76.1 Å². The molecule has 3 aromatic rings. The average Bonchev–Trinajstić information content (AvgIpc) is 3.30. The van der Waals surface area contributed by atoms with E-state index in [1.54, 1.807) is 13.2 Å². The molecule has 2 N–H and O–H groups in total. The molecule has 0 amide bonds. The molecule has 3 aliphatic heterocycles. The van der Waals surface area contributed by atoms with E-state index in [1.165, 1.54) is 11.1 Å². The molecule has 3 fully saturated rings. The number of anilines is 2. The summed E-state index contributed by atoms with van der Waals surface area (Å²) >= 11 is 0. The van der Waals surface area contributed by atoms with Gasteiger partial charge in [-0.25, -0.2) is 4.98 Å². The molecule has 3 aliphatic rings. The summed E-state index contributed by atoms with van der Waals surface area (Å²) in [5, 5.41) is 10.5. The maximum absolute atomic E-state index is 9.57. The van der Waals surface area contributed by atoms with Crippen LogP contribution in [0.5, 0.6) is 0 Å². The summed E-state index contributed by atoms with van der Waals surface area (Å²) in [7, 11) is 7.66. The van der Waals surface area contributed by atoms with Gasteiger partial charge in [-0.2, -0.15) is 5.26 Å². The van der Waals surface area contributed by atoms with Crippen LogP contribution >= 0.6 is 0 Å². The normalized spacial score (nSPS) is 25.8. The summed E-state index contributed by atoms with van der Waals surface area (Å²) in [4.78, 5) is 16.3. The molecule has 1 aromatic carbocycles. The Bertz CT molecular complexity index is 1440. The summed E-state index contributed by atoms with van der Waals surface area (Å²) in [6.07, 6.45) is 2.29. The molecule has 0 saturated carbocycles. The van der Waals surface area contributed by atoms with Crippen LogP contribution in [0.25, 0.3) is 10.9 Å². The van der Waals surface area contributed by atoms with Gasteiger partial charge in [0.15, 0.2) is 0 Å². The quantitative estimate of drug-likeness (QED) is 0.468. The minimum absolute atomic E-state index is 0.0127. The average molecular weight is 537 g/mol. The van der Waals surface area contributed by atoms with Crippen LogP contribution in [0.4, 0.5) is 11.5 Å². The van der Waals surface area contributed by atoms with E-state index in [9.17, 15) is 5.26 Å². The Kier molecular flexibility index (Phi) is 7.40. The van der Waals surface area contributed by atoms with E-state index in [-0.39, 0.29) is 24.4 Å². The molecule has 9 nitrogen and oxygen atoms in total. The topological polar surface area (TPSA) is 104 Å². The minimum Gasteiger partial charge on any atom is -0.378 e. The predicted octanol–water partition coefficient (Wildman–Crippen LogP) is 1.46. The number of hydrogen-bond acceptors (Lipinski definition) is 9. The van der Waals surface area contributed by atoms with Crippen LogP contribution in [-0.4, -0.2) is 100.0 Å². The zero-order chi connectivity index (χ0) is 28.0. The molecule has 10 heteroatoms. The smallest absolute Gasteiger partial charge is 0.141 e. The molecular formula is C30H36BN7O2. The lowest BCUT2D eigenvalue weighted by Crippen LogP contribution is -2.55. The third kappa shape index (κ3) is 5.15. The summed E-state index contributed by atoms with van der Waals surface area (Å²) in [5.41, 5.74) is 11.5. The van der Waals surface area contributed by atoms with Crippen molar-refractivity contribution in [2.75, 3.05) is 62.7 Å². The summed E-state index contributed by atoms with van der Waals surface area (Å²) in [6.45, 7) is 10.3. The zero-order valence-electron chi connectivity index (χ0n) is 23.5. The highest BCUT2D eigenvalue weighted by Crippen LogP contribution is 2.33. The fourth-order valence-corrected chi connectivity index (χ4v) is 6.52. The summed E-state index contributed by atoms with van der Waals surface area (Å²) in [6, 6.07) is 12.1. The SMILES string of the molecule is [B]c1ccc2c(N3C[C@H](CN4CC(c5cnc(N6C[C@@H](N)[C@H](OC)C6)cc5C)C4)O[C@H](C)C3)ccc(C#N)c2n1. The number of aromatic nitrogens is 2. The maximum Gasteiger partial charge on any atom is 0.141 e. The second-order valence-electron chi connectivity index (χ2n) is 11.5. The Morgan fingerprint density at radius 2 is 1.95 bits per heavy atom. The van der Waals surface area contributed by atoms with Crippen molar-refractivity contribution in [1.29, 1.82) is 5.26 Å². The number of fused-ring (bicyclic) bond motifs is 1. The number of nitrogens with two attached hydrogens (primary N) is 1. The van der Waals surface area contributed by atoms with E-state index in [2.05, 4.69) is 51.9 Å². The Balaban J connectivity index is 1.09. The number of methoxy groups -OCH3 is 1. The fraction of sp³-hybridized carbons (Fsp3) is 0.500. The highest BCUT2D eigenvalue weighted by Gasteiger charge is 2.35. The zero-order valence-corrected chi connectivity index (χ0v) is 23.5. The Hall–Kier alpha value is -3.23. The standard InChI is InChI=1S/C30H36BN7O2/c1-18-8-29(38-16-25(33)27(17-38)39-3)34-10-24(18)21-12-36(13-21)14-22-15-37(11-19(2)40-22)26-6-4-20(9-32)30-23(26)5-7-28(31)35-30/h4-8,10,19,21-22,25,27H,11-17,33H2,1-3H3/t19-,22+,25-,27-/m1/s1. The molecule has 6 rings (SSSR count). The number of rotatable bonds is 6. The monoisotopic (exact) mass is 537 g/mol. The largest absolute Gasteiger partial charge is 0.378 e. The Morgan fingerprint density at radius 3 is 2.67 bits per heavy atom. The summed E-state index contributed by atoms with van der Waals surface area (Å²) < 4.78 is 11.9. The molecule has 5 heterocycles. The molecule has 3 saturated heterocycles. The molecule has 2 radical (unpaired) electrons. The number of likely N-dealkylation sites (tertiary alicyclic amines) is 1. The second-order valence-corrected chi connectivity index (χ2v) is 11.5. The lowest BCUT2D eigenvalue weighted by Gasteiger charge is -2.45. The van der Waals surface area contributed by atoms with Gasteiger partial charge in [0.25, 0.3) is 0 Å².